The van der Waals surface area contributed by atoms with Gasteiger partial charge in [0, 0.05) is 6.04 Å². The molecule has 0 aromatic heterocycles. The maximum absolute atomic E-state index is 3.42. The van der Waals surface area contributed by atoms with Crippen molar-refractivity contribution < 1.29 is 0 Å². The van der Waals surface area contributed by atoms with Crippen LogP contribution in [-0.2, 0) is 0 Å². The fourth-order valence-electron chi connectivity index (χ4n) is 2.96. The number of hydrogen-bond donors (Lipinski definition) is 1. The molecule has 3 unspecified atom stereocenters. The Balaban J connectivity index is 1.91. The maximum atomic E-state index is 3.42. The molecule has 1 heteroatoms. The van der Waals surface area contributed by atoms with Gasteiger partial charge in [0.2, 0.25) is 0 Å². The fourth-order valence-corrected chi connectivity index (χ4v) is 2.96. The van der Waals surface area contributed by atoms with Crippen molar-refractivity contribution in [2.24, 2.45) is 11.8 Å². The average Bonchev–Trinajstić information content (AvgIpc) is 2.50. The Hall–Kier alpha value is -0.0400. The minimum Gasteiger partial charge on any atom is -0.317 e. The Bertz CT molecular complexity index is 133. The Morgan fingerprint density at radius 3 is 2.64 bits per heavy atom. The lowest BCUT2D eigenvalue weighted by Gasteiger charge is -2.31. The van der Waals surface area contributed by atoms with Gasteiger partial charge in [-0.3, -0.25) is 0 Å². The second-order valence-electron chi connectivity index (χ2n) is 4.25. The molecule has 0 bridgehead atoms. The van der Waals surface area contributed by atoms with Crippen molar-refractivity contribution in [3.05, 3.63) is 0 Å². The van der Waals surface area contributed by atoms with E-state index in [1.165, 1.54) is 38.5 Å². The molecule has 2 aliphatic carbocycles. The smallest absolute Gasteiger partial charge is 0.00669 e. The Morgan fingerprint density at radius 1 is 1.00 bits per heavy atom. The van der Waals surface area contributed by atoms with Gasteiger partial charge in [-0.1, -0.05) is 19.3 Å². The molecule has 2 aliphatic rings. The first kappa shape index (κ1) is 7.60. The maximum Gasteiger partial charge on any atom is 0.00669 e. The van der Waals surface area contributed by atoms with Gasteiger partial charge in [0.1, 0.15) is 0 Å². The van der Waals surface area contributed by atoms with Gasteiger partial charge in [0.15, 0.2) is 0 Å². The zero-order valence-corrected chi connectivity index (χ0v) is 7.47. The average molecular weight is 153 g/mol. The molecular weight excluding hydrogens is 134 g/mol. The van der Waals surface area contributed by atoms with Crippen LogP contribution in [0.3, 0.4) is 0 Å². The van der Waals surface area contributed by atoms with Crippen LogP contribution in [-0.4, -0.2) is 13.1 Å². The quantitative estimate of drug-likeness (QED) is 0.609. The molecular formula is C10H19N. The molecule has 2 rings (SSSR count). The lowest BCUT2D eigenvalue weighted by molar-refractivity contribution is 0.233. The molecule has 0 aromatic rings. The highest BCUT2D eigenvalue weighted by Crippen LogP contribution is 2.41. The van der Waals surface area contributed by atoms with Gasteiger partial charge in [-0.2, -0.15) is 0 Å². The molecule has 0 heterocycles. The summed E-state index contributed by atoms with van der Waals surface area (Å²) in [5.41, 5.74) is 0. The van der Waals surface area contributed by atoms with E-state index < -0.39 is 0 Å². The van der Waals surface area contributed by atoms with E-state index >= 15 is 0 Å². The Kier molecular flexibility index (Phi) is 2.17. The number of rotatable bonds is 1. The minimum absolute atomic E-state index is 0.842. The van der Waals surface area contributed by atoms with Gasteiger partial charge in [-0.15, -0.1) is 0 Å². The monoisotopic (exact) mass is 153 g/mol. The largest absolute Gasteiger partial charge is 0.317 e. The number of fused-ring (bicyclic) bond motifs is 1. The third-order valence-electron chi connectivity index (χ3n) is 3.70. The van der Waals surface area contributed by atoms with Gasteiger partial charge < -0.3 is 5.32 Å². The Morgan fingerprint density at radius 2 is 1.82 bits per heavy atom. The van der Waals surface area contributed by atoms with Crippen LogP contribution in [0, 0.1) is 11.8 Å². The second-order valence-corrected chi connectivity index (χ2v) is 4.25. The van der Waals surface area contributed by atoms with Crippen LogP contribution in [0.1, 0.15) is 38.5 Å². The van der Waals surface area contributed by atoms with Gasteiger partial charge in [0.05, 0.1) is 0 Å². The van der Waals surface area contributed by atoms with Crippen LogP contribution in [0.15, 0.2) is 0 Å². The summed E-state index contributed by atoms with van der Waals surface area (Å²) in [5.74, 6) is 2.20. The van der Waals surface area contributed by atoms with Crippen molar-refractivity contribution in [3.8, 4) is 0 Å². The van der Waals surface area contributed by atoms with Crippen molar-refractivity contribution in [2.75, 3.05) is 7.05 Å². The van der Waals surface area contributed by atoms with Crippen molar-refractivity contribution in [2.45, 2.75) is 44.6 Å². The van der Waals surface area contributed by atoms with E-state index in [4.69, 9.17) is 0 Å². The van der Waals surface area contributed by atoms with E-state index in [1.54, 1.807) is 0 Å². The lowest BCUT2D eigenvalue weighted by atomic mass is 9.79. The highest BCUT2D eigenvalue weighted by atomic mass is 14.9. The van der Waals surface area contributed by atoms with Crippen LogP contribution in [0.4, 0.5) is 0 Å². The summed E-state index contributed by atoms with van der Waals surface area (Å²) < 4.78 is 0. The van der Waals surface area contributed by atoms with E-state index in [0.29, 0.717) is 0 Å². The second kappa shape index (κ2) is 3.14. The summed E-state index contributed by atoms with van der Waals surface area (Å²) in [6.07, 6.45) is 8.94. The summed E-state index contributed by atoms with van der Waals surface area (Å²) in [4.78, 5) is 0. The summed E-state index contributed by atoms with van der Waals surface area (Å²) in [7, 11) is 2.11. The van der Waals surface area contributed by atoms with Crippen LogP contribution >= 0.6 is 0 Å². The van der Waals surface area contributed by atoms with Crippen molar-refractivity contribution in [3.63, 3.8) is 0 Å². The third kappa shape index (κ3) is 1.44. The topological polar surface area (TPSA) is 12.0 Å². The Labute approximate surface area is 69.6 Å². The van der Waals surface area contributed by atoms with Crippen LogP contribution in [0.25, 0.3) is 0 Å². The van der Waals surface area contributed by atoms with E-state index in [9.17, 15) is 0 Å². The third-order valence-corrected chi connectivity index (χ3v) is 3.70. The molecule has 1 N–H and O–H groups in total. The first-order valence-corrected chi connectivity index (χ1v) is 5.07. The zero-order chi connectivity index (χ0) is 7.68. The molecule has 3 atom stereocenters. The van der Waals surface area contributed by atoms with Crippen LogP contribution < -0.4 is 5.32 Å². The van der Waals surface area contributed by atoms with E-state index in [2.05, 4.69) is 12.4 Å². The number of hydrogen-bond acceptors (Lipinski definition) is 1. The molecule has 2 fully saturated rings. The molecule has 0 aliphatic heterocycles. The van der Waals surface area contributed by atoms with Crippen molar-refractivity contribution in [1.29, 1.82) is 0 Å². The molecule has 2 saturated carbocycles. The molecule has 11 heavy (non-hydrogen) atoms. The standard InChI is InChI=1S/C10H19N/c1-11-10-6-5-8-3-2-4-9(8)7-10/h8-11H,2-7H2,1H3. The van der Waals surface area contributed by atoms with E-state index in [-0.39, 0.29) is 0 Å². The summed E-state index contributed by atoms with van der Waals surface area (Å²) in [5, 5.41) is 3.42. The molecule has 64 valence electrons. The fraction of sp³-hybridized carbons (Fsp3) is 1.00. The van der Waals surface area contributed by atoms with Gasteiger partial charge >= 0.3 is 0 Å². The predicted octanol–water partition coefficient (Wildman–Crippen LogP) is 2.17. The highest BCUT2D eigenvalue weighted by Gasteiger charge is 2.32. The molecule has 0 aromatic carbocycles. The van der Waals surface area contributed by atoms with E-state index in [0.717, 1.165) is 17.9 Å². The molecule has 1 nitrogen and oxygen atoms in total. The van der Waals surface area contributed by atoms with Crippen LogP contribution in [0.5, 0.6) is 0 Å². The van der Waals surface area contributed by atoms with Crippen molar-refractivity contribution in [1.82, 2.24) is 5.32 Å². The van der Waals surface area contributed by atoms with Gasteiger partial charge in [0.25, 0.3) is 0 Å². The molecule has 0 spiro atoms. The van der Waals surface area contributed by atoms with Gasteiger partial charge in [-0.25, -0.2) is 0 Å². The molecule has 0 amide bonds. The summed E-state index contributed by atoms with van der Waals surface area (Å²) in [6.45, 7) is 0. The normalized spacial score (nSPS) is 43.9. The number of nitrogens with one attached hydrogen (secondary N) is 1. The molecule has 0 radical (unpaired) electrons. The minimum atomic E-state index is 0.842. The first-order valence-electron chi connectivity index (χ1n) is 5.07. The van der Waals surface area contributed by atoms with E-state index in [1.807, 2.05) is 0 Å². The highest BCUT2D eigenvalue weighted by molar-refractivity contribution is 4.86. The SMILES string of the molecule is CNC1CCC2CCCC2C1. The summed E-state index contributed by atoms with van der Waals surface area (Å²) >= 11 is 0. The molecule has 0 saturated heterocycles. The first-order chi connectivity index (χ1) is 5.40. The summed E-state index contributed by atoms with van der Waals surface area (Å²) in [6, 6.07) is 0.842. The predicted molar refractivity (Wildman–Crippen MR) is 47.5 cm³/mol. The van der Waals surface area contributed by atoms with Crippen molar-refractivity contribution >= 4 is 0 Å². The lowest BCUT2D eigenvalue weighted by Crippen LogP contribution is -2.33. The van der Waals surface area contributed by atoms with Gasteiger partial charge in [-0.05, 0) is 38.1 Å². The van der Waals surface area contributed by atoms with Crippen LogP contribution in [0.2, 0.25) is 0 Å². The zero-order valence-electron chi connectivity index (χ0n) is 7.47.